The monoisotopic (exact) mass is 274 g/mol. The molecular weight excluding hydrogens is 248 g/mol. The van der Waals surface area contributed by atoms with Crippen molar-refractivity contribution in [2.45, 2.75) is 44.6 Å². The standard InChI is InChI=1S/C13H26N2O2S/c1-2-12-4-3-7-15(10-12)13(11-14)5-8-18(16,17)9-6-13/h12H,2-11,14H2,1H3. The predicted molar refractivity (Wildman–Crippen MR) is 74.3 cm³/mol. The first kappa shape index (κ1) is 14.3. The van der Waals surface area contributed by atoms with Crippen LogP contribution in [0.4, 0.5) is 0 Å². The second-order valence-electron chi connectivity index (χ2n) is 5.94. The number of nitrogens with two attached hydrogens (primary N) is 1. The zero-order valence-corrected chi connectivity index (χ0v) is 12.2. The number of piperidine rings is 1. The molecule has 0 radical (unpaired) electrons. The highest BCUT2D eigenvalue weighted by atomic mass is 32.2. The van der Waals surface area contributed by atoms with E-state index in [2.05, 4.69) is 11.8 Å². The molecule has 0 bridgehead atoms. The minimum atomic E-state index is -2.80. The number of hydrogen-bond donors (Lipinski definition) is 1. The molecule has 2 aliphatic rings. The minimum absolute atomic E-state index is 0.0425. The molecule has 4 nitrogen and oxygen atoms in total. The molecule has 2 fully saturated rings. The van der Waals surface area contributed by atoms with Crippen LogP contribution in [-0.2, 0) is 9.84 Å². The van der Waals surface area contributed by atoms with Gasteiger partial charge in [-0.05, 0) is 38.1 Å². The molecule has 1 atom stereocenters. The van der Waals surface area contributed by atoms with Crippen LogP contribution in [-0.4, -0.2) is 50.0 Å². The van der Waals surface area contributed by atoms with Gasteiger partial charge in [0.25, 0.3) is 0 Å². The highest BCUT2D eigenvalue weighted by Gasteiger charge is 2.42. The van der Waals surface area contributed by atoms with E-state index in [0.717, 1.165) is 31.8 Å². The smallest absolute Gasteiger partial charge is 0.150 e. The van der Waals surface area contributed by atoms with E-state index < -0.39 is 9.84 Å². The van der Waals surface area contributed by atoms with Crippen LogP contribution in [0.2, 0.25) is 0 Å². The number of likely N-dealkylation sites (tertiary alicyclic amines) is 1. The average molecular weight is 274 g/mol. The summed E-state index contributed by atoms with van der Waals surface area (Å²) in [5, 5.41) is 0. The molecule has 0 spiro atoms. The van der Waals surface area contributed by atoms with Crippen LogP contribution in [0.3, 0.4) is 0 Å². The lowest BCUT2D eigenvalue weighted by Gasteiger charge is -2.49. The fourth-order valence-corrected chi connectivity index (χ4v) is 4.98. The summed E-state index contributed by atoms with van der Waals surface area (Å²) in [6.07, 6.45) is 5.21. The largest absolute Gasteiger partial charge is 0.329 e. The maximum Gasteiger partial charge on any atom is 0.150 e. The fraction of sp³-hybridized carbons (Fsp3) is 1.00. The molecule has 5 heteroatoms. The Bertz CT molecular complexity index is 366. The SMILES string of the molecule is CCC1CCCN(C2(CN)CCS(=O)(=O)CC2)C1. The first-order chi connectivity index (χ1) is 8.51. The highest BCUT2D eigenvalue weighted by molar-refractivity contribution is 7.91. The van der Waals surface area contributed by atoms with E-state index in [9.17, 15) is 8.42 Å². The van der Waals surface area contributed by atoms with Crippen LogP contribution in [0.15, 0.2) is 0 Å². The summed E-state index contributed by atoms with van der Waals surface area (Å²) in [7, 11) is -2.80. The highest BCUT2D eigenvalue weighted by Crippen LogP contribution is 2.33. The number of rotatable bonds is 3. The maximum atomic E-state index is 11.6. The van der Waals surface area contributed by atoms with Gasteiger partial charge in [-0.2, -0.15) is 0 Å². The maximum absolute atomic E-state index is 11.6. The molecule has 0 aromatic rings. The van der Waals surface area contributed by atoms with Crippen molar-refractivity contribution < 1.29 is 8.42 Å². The summed E-state index contributed by atoms with van der Waals surface area (Å²) >= 11 is 0. The van der Waals surface area contributed by atoms with Crippen molar-refractivity contribution in [3.63, 3.8) is 0 Å². The van der Waals surface area contributed by atoms with Crippen LogP contribution >= 0.6 is 0 Å². The van der Waals surface area contributed by atoms with Gasteiger partial charge in [0, 0.05) is 18.6 Å². The van der Waals surface area contributed by atoms with E-state index in [-0.39, 0.29) is 5.54 Å². The summed E-state index contributed by atoms with van der Waals surface area (Å²) in [4.78, 5) is 2.50. The van der Waals surface area contributed by atoms with E-state index >= 15 is 0 Å². The number of sulfone groups is 1. The van der Waals surface area contributed by atoms with Crippen molar-refractivity contribution in [3.05, 3.63) is 0 Å². The van der Waals surface area contributed by atoms with Gasteiger partial charge in [-0.25, -0.2) is 8.42 Å². The molecular formula is C13H26N2O2S. The van der Waals surface area contributed by atoms with E-state index in [1.165, 1.54) is 19.3 Å². The fourth-order valence-electron chi connectivity index (χ4n) is 3.40. The van der Waals surface area contributed by atoms with E-state index in [4.69, 9.17) is 5.73 Å². The summed E-state index contributed by atoms with van der Waals surface area (Å²) in [6, 6.07) is 0. The minimum Gasteiger partial charge on any atom is -0.329 e. The van der Waals surface area contributed by atoms with Crippen LogP contribution in [0.25, 0.3) is 0 Å². The van der Waals surface area contributed by atoms with Crippen LogP contribution in [0.1, 0.15) is 39.0 Å². The topological polar surface area (TPSA) is 63.4 Å². The third kappa shape index (κ3) is 2.89. The first-order valence-corrected chi connectivity index (χ1v) is 8.99. The second-order valence-corrected chi connectivity index (χ2v) is 8.25. The van der Waals surface area contributed by atoms with Crippen LogP contribution in [0, 0.1) is 5.92 Å². The third-order valence-electron chi connectivity index (χ3n) is 4.90. The van der Waals surface area contributed by atoms with Gasteiger partial charge < -0.3 is 5.73 Å². The molecule has 0 aromatic carbocycles. The Balaban J connectivity index is 2.08. The van der Waals surface area contributed by atoms with Crippen LogP contribution in [0.5, 0.6) is 0 Å². The Morgan fingerprint density at radius 3 is 2.56 bits per heavy atom. The van der Waals surface area contributed by atoms with Gasteiger partial charge in [-0.3, -0.25) is 4.90 Å². The lowest BCUT2D eigenvalue weighted by Crippen LogP contribution is -2.60. The molecule has 0 aliphatic carbocycles. The van der Waals surface area contributed by atoms with Gasteiger partial charge in [0.15, 0.2) is 0 Å². The van der Waals surface area contributed by atoms with Gasteiger partial charge >= 0.3 is 0 Å². The molecule has 0 amide bonds. The lowest BCUT2D eigenvalue weighted by atomic mass is 9.85. The average Bonchev–Trinajstić information content (AvgIpc) is 2.39. The molecule has 2 N–H and O–H groups in total. The lowest BCUT2D eigenvalue weighted by molar-refractivity contribution is 0.0387. The van der Waals surface area contributed by atoms with Crippen molar-refractivity contribution >= 4 is 9.84 Å². The van der Waals surface area contributed by atoms with Crippen molar-refractivity contribution in [2.75, 3.05) is 31.1 Å². The Morgan fingerprint density at radius 2 is 2.00 bits per heavy atom. The Labute approximate surface area is 111 Å². The van der Waals surface area contributed by atoms with Gasteiger partial charge in [0.1, 0.15) is 9.84 Å². The van der Waals surface area contributed by atoms with Gasteiger partial charge in [-0.1, -0.05) is 13.3 Å². The third-order valence-corrected chi connectivity index (χ3v) is 6.56. The van der Waals surface area contributed by atoms with E-state index in [1.54, 1.807) is 0 Å². The Morgan fingerprint density at radius 1 is 1.33 bits per heavy atom. The second kappa shape index (κ2) is 5.47. The molecule has 0 saturated carbocycles. The molecule has 2 aliphatic heterocycles. The molecule has 106 valence electrons. The van der Waals surface area contributed by atoms with E-state index in [0.29, 0.717) is 18.1 Å². The summed E-state index contributed by atoms with van der Waals surface area (Å²) in [5.74, 6) is 1.40. The zero-order valence-electron chi connectivity index (χ0n) is 11.4. The van der Waals surface area contributed by atoms with Gasteiger partial charge in [0.05, 0.1) is 11.5 Å². The Kier molecular flexibility index (Phi) is 4.34. The van der Waals surface area contributed by atoms with Crippen molar-refractivity contribution in [2.24, 2.45) is 11.7 Å². The molecule has 2 heterocycles. The summed E-state index contributed by atoms with van der Waals surface area (Å²) in [6.45, 7) is 5.04. The van der Waals surface area contributed by atoms with Crippen molar-refractivity contribution in [1.82, 2.24) is 4.90 Å². The molecule has 0 aromatic heterocycles. The molecule has 1 unspecified atom stereocenters. The van der Waals surface area contributed by atoms with Gasteiger partial charge in [-0.15, -0.1) is 0 Å². The summed E-state index contributed by atoms with van der Waals surface area (Å²) < 4.78 is 23.2. The first-order valence-electron chi connectivity index (χ1n) is 7.17. The normalized spacial score (nSPS) is 32.2. The van der Waals surface area contributed by atoms with Crippen LogP contribution < -0.4 is 5.73 Å². The molecule has 18 heavy (non-hydrogen) atoms. The van der Waals surface area contributed by atoms with Crippen molar-refractivity contribution in [1.29, 1.82) is 0 Å². The molecule has 2 rings (SSSR count). The predicted octanol–water partition coefficient (Wildman–Crippen LogP) is 1.01. The number of hydrogen-bond acceptors (Lipinski definition) is 4. The van der Waals surface area contributed by atoms with Gasteiger partial charge in [0.2, 0.25) is 0 Å². The van der Waals surface area contributed by atoms with E-state index in [1.807, 2.05) is 0 Å². The Hall–Kier alpha value is -0.130. The zero-order chi connectivity index (χ0) is 13.2. The quantitative estimate of drug-likeness (QED) is 0.834. The molecule has 2 saturated heterocycles. The van der Waals surface area contributed by atoms with Crippen molar-refractivity contribution in [3.8, 4) is 0 Å². The summed E-state index contributed by atoms with van der Waals surface area (Å²) in [5.41, 5.74) is 5.97. The number of nitrogens with zero attached hydrogens (tertiary/aromatic N) is 1.